The highest BCUT2D eigenvalue weighted by atomic mass is 19.1. The molecule has 0 unspecified atom stereocenters. The van der Waals surface area contributed by atoms with E-state index in [1.807, 2.05) is 6.07 Å². The maximum Gasteiger partial charge on any atom is 0.303 e. The molecule has 0 aliphatic heterocycles. The van der Waals surface area contributed by atoms with Crippen LogP contribution in [-0.2, 0) is 4.79 Å². The van der Waals surface area contributed by atoms with Gasteiger partial charge in [-0.15, -0.1) is 0 Å². The maximum atomic E-state index is 13.7. The molecule has 0 radical (unpaired) electrons. The van der Waals surface area contributed by atoms with Crippen LogP contribution in [-0.4, -0.2) is 22.6 Å². The zero-order valence-corrected chi connectivity index (χ0v) is 10.6. The Labute approximate surface area is 110 Å². The molecule has 0 saturated carbocycles. The summed E-state index contributed by atoms with van der Waals surface area (Å²) >= 11 is 0. The third-order valence-electron chi connectivity index (χ3n) is 2.80. The average Bonchev–Trinajstić information content (AvgIpc) is 2.35. The van der Waals surface area contributed by atoms with Crippen LogP contribution in [0.2, 0.25) is 0 Å². The molecular weight excluding hydrogens is 247 g/mol. The predicted molar refractivity (Wildman–Crippen MR) is 71.8 cm³/mol. The number of hydrogen-bond donors (Lipinski definition) is 2. The summed E-state index contributed by atoms with van der Waals surface area (Å²) in [6.45, 7) is 2.33. The zero-order chi connectivity index (χ0) is 13.8. The van der Waals surface area contributed by atoms with Crippen molar-refractivity contribution >= 4 is 22.6 Å². The van der Waals surface area contributed by atoms with Gasteiger partial charge < -0.3 is 10.4 Å². The van der Waals surface area contributed by atoms with Gasteiger partial charge in [-0.2, -0.15) is 0 Å². The van der Waals surface area contributed by atoms with Crippen molar-refractivity contribution in [1.82, 2.24) is 4.98 Å². The van der Waals surface area contributed by atoms with Crippen molar-refractivity contribution in [2.75, 3.05) is 11.9 Å². The second-order valence-corrected chi connectivity index (χ2v) is 4.37. The molecule has 2 rings (SSSR count). The van der Waals surface area contributed by atoms with Crippen LogP contribution in [0, 0.1) is 12.7 Å². The summed E-state index contributed by atoms with van der Waals surface area (Å²) in [6.07, 6.45) is 0.636. The van der Waals surface area contributed by atoms with Gasteiger partial charge in [0.1, 0.15) is 11.3 Å². The molecule has 100 valence electrons. The Morgan fingerprint density at radius 3 is 3.00 bits per heavy atom. The molecule has 0 saturated heterocycles. The molecular formula is C14H15FN2O2. The fourth-order valence-electron chi connectivity index (χ4n) is 1.95. The number of carboxylic acids is 1. The Bertz CT molecular complexity index is 614. The van der Waals surface area contributed by atoms with Gasteiger partial charge in [0.05, 0.1) is 0 Å². The summed E-state index contributed by atoms with van der Waals surface area (Å²) in [5.74, 6) is -1.17. The molecule has 0 aliphatic carbocycles. The molecule has 0 atom stereocenters. The Kier molecular flexibility index (Phi) is 3.94. The fourth-order valence-corrected chi connectivity index (χ4v) is 1.95. The second-order valence-electron chi connectivity index (χ2n) is 4.37. The smallest absolute Gasteiger partial charge is 0.303 e. The van der Waals surface area contributed by atoms with Crippen LogP contribution < -0.4 is 5.32 Å². The Morgan fingerprint density at radius 1 is 1.47 bits per heavy atom. The Balaban J connectivity index is 2.22. The van der Waals surface area contributed by atoms with E-state index in [-0.39, 0.29) is 12.2 Å². The van der Waals surface area contributed by atoms with E-state index in [4.69, 9.17) is 5.11 Å². The van der Waals surface area contributed by atoms with Crippen LogP contribution in [0.15, 0.2) is 24.3 Å². The average molecular weight is 262 g/mol. The van der Waals surface area contributed by atoms with Gasteiger partial charge in [0, 0.05) is 29.7 Å². The summed E-state index contributed by atoms with van der Waals surface area (Å²) in [5, 5.41) is 12.4. The van der Waals surface area contributed by atoms with E-state index >= 15 is 0 Å². The van der Waals surface area contributed by atoms with E-state index in [1.165, 1.54) is 6.07 Å². The van der Waals surface area contributed by atoms with Gasteiger partial charge in [-0.1, -0.05) is 12.1 Å². The van der Waals surface area contributed by atoms with Crippen molar-refractivity contribution in [2.24, 2.45) is 0 Å². The topological polar surface area (TPSA) is 62.2 Å². The number of aliphatic carboxylic acids is 1. The van der Waals surface area contributed by atoms with Crippen molar-refractivity contribution in [3.05, 3.63) is 35.8 Å². The number of benzene rings is 1. The molecule has 2 N–H and O–H groups in total. The van der Waals surface area contributed by atoms with Crippen LogP contribution in [0.4, 0.5) is 10.1 Å². The predicted octanol–water partition coefficient (Wildman–Crippen LogP) is 2.96. The van der Waals surface area contributed by atoms with E-state index < -0.39 is 5.97 Å². The molecule has 0 amide bonds. The van der Waals surface area contributed by atoms with Gasteiger partial charge >= 0.3 is 5.97 Å². The number of nitrogens with one attached hydrogen (secondary N) is 1. The standard InChI is InChI=1S/C14H15FN2O2/c1-9-8-12(16-7-3-6-13(18)19)10-4-2-5-11(15)14(10)17-9/h2,4-5,8H,3,6-7H2,1H3,(H,16,17)(H,18,19). The SMILES string of the molecule is Cc1cc(NCCCC(=O)O)c2cccc(F)c2n1. The van der Waals surface area contributed by atoms with Crippen LogP contribution in [0.3, 0.4) is 0 Å². The van der Waals surface area contributed by atoms with E-state index in [9.17, 15) is 9.18 Å². The number of halogens is 1. The summed E-state index contributed by atoms with van der Waals surface area (Å²) < 4.78 is 13.7. The highest BCUT2D eigenvalue weighted by molar-refractivity contribution is 5.91. The number of carbonyl (C=O) groups is 1. The lowest BCUT2D eigenvalue weighted by Crippen LogP contribution is -2.06. The van der Waals surface area contributed by atoms with Gasteiger partial charge in [0.15, 0.2) is 0 Å². The molecule has 0 fully saturated rings. The number of hydrogen-bond acceptors (Lipinski definition) is 3. The van der Waals surface area contributed by atoms with Crippen LogP contribution in [0.1, 0.15) is 18.5 Å². The first-order valence-electron chi connectivity index (χ1n) is 6.09. The summed E-state index contributed by atoms with van der Waals surface area (Å²) in [5.41, 5.74) is 1.84. The van der Waals surface area contributed by atoms with Crippen molar-refractivity contribution in [1.29, 1.82) is 0 Å². The number of nitrogens with zero attached hydrogens (tertiary/aromatic N) is 1. The zero-order valence-electron chi connectivity index (χ0n) is 10.6. The molecule has 2 aromatic rings. The van der Waals surface area contributed by atoms with E-state index in [0.29, 0.717) is 23.9 Å². The molecule has 1 aromatic carbocycles. The first kappa shape index (κ1) is 13.3. The lowest BCUT2D eigenvalue weighted by atomic mass is 10.1. The maximum absolute atomic E-state index is 13.7. The summed E-state index contributed by atoms with van der Waals surface area (Å²) in [4.78, 5) is 14.6. The quantitative estimate of drug-likeness (QED) is 0.813. The van der Waals surface area contributed by atoms with Crippen molar-refractivity contribution < 1.29 is 14.3 Å². The van der Waals surface area contributed by atoms with Gasteiger partial charge in [-0.3, -0.25) is 4.79 Å². The normalized spacial score (nSPS) is 10.6. The first-order valence-corrected chi connectivity index (χ1v) is 6.09. The molecule has 4 nitrogen and oxygen atoms in total. The number of para-hydroxylation sites is 1. The lowest BCUT2D eigenvalue weighted by molar-refractivity contribution is -0.137. The van der Waals surface area contributed by atoms with E-state index in [1.54, 1.807) is 19.1 Å². The van der Waals surface area contributed by atoms with E-state index in [2.05, 4.69) is 10.3 Å². The number of carboxylic acid groups (broad SMARTS) is 1. The molecule has 0 spiro atoms. The lowest BCUT2D eigenvalue weighted by Gasteiger charge is -2.10. The molecule has 5 heteroatoms. The Hall–Kier alpha value is -2.17. The number of fused-ring (bicyclic) bond motifs is 1. The van der Waals surface area contributed by atoms with Crippen LogP contribution >= 0.6 is 0 Å². The summed E-state index contributed by atoms with van der Waals surface area (Å²) in [6, 6.07) is 6.65. The molecule has 1 aromatic heterocycles. The third-order valence-corrected chi connectivity index (χ3v) is 2.80. The van der Waals surface area contributed by atoms with Gasteiger partial charge in [0.2, 0.25) is 0 Å². The van der Waals surface area contributed by atoms with Crippen LogP contribution in [0.25, 0.3) is 10.9 Å². The number of anilines is 1. The number of aryl methyl sites for hydroxylation is 1. The Morgan fingerprint density at radius 2 is 2.26 bits per heavy atom. The van der Waals surface area contributed by atoms with Gasteiger partial charge in [0.25, 0.3) is 0 Å². The van der Waals surface area contributed by atoms with E-state index in [0.717, 1.165) is 11.4 Å². The van der Waals surface area contributed by atoms with Crippen molar-refractivity contribution in [3.8, 4) is 0 Å². The molecule has 0 aliphatic rings. The highest BCUT2D eigenvalue weighted by Crippen LogP contribution is 2.24. The molecule has 19 heavy (non-hydrogen) atoms. The van der Waals surface area contributed by atoms with Gasteiger partial charge in [-0.25, -0.2) is 9.37 Å². The number of pyridine rings is 1. The van der Waals surface area contributed by atoms with Crippen molar-refractivity contribution in [2.45, 2.75) is 19.8 Å². The number of aromatic nitrogens is 1. The third kappa shape index (κ3) is 3.19. The monoisotopic (exact) mass is 262 g/mol. The minimum Gasteiger partial charge on any atom is -0.481 e. The first-order chi connectivity index (χ1) is 9.08. The molecule has 0 bridgehead atoms. The summed E-state index contributed by atoms with van der Waals surface area (Å²) in [7, 11) is 0. The minimum absolute atomic E-state index is 0.114. The second kappa shape index (κ2) is 5.65. The largest absolute Gasteiger partial charge is 0.481 e. The highest BCUT2D eigenvalue weighted by Gasteiger charge is 2.07. The van der Waals surface area contributed by atoms with Crippen LogP contribution in [0.5, 0.6) is 0 Å². The van der Waals surface area contributed by atoms with Crippen molar-refractivity contribution in [3.63, 3.8) is 0 Å². The van der Waals surface area contributed by atoms with Gasteiger partial charge in [-0.05, 0) is 25.5 Å². The minimum atomic E-state index is -0.816. The fraction of sp³-hybridized carbons (Fsp3) is 0.286. The number of rotatable bonds is 5. The molecule has 1 heterocycles.